The Morgan fingerprint density at radius 3 is 1.39 bits per heavy atom. The van der Waals surface area contributed by atoms with Crippen LogP contribution in [0.25, 0.3) is 11.6 Å². The number of nitrogens with one attached hydrogen (secondary N) is 8. The number of hydrogen-bond acceptors (Lipinski definition) is 15. The van der Waals surface area contributed by atoms with E-state index in [0.29, 0.717) is 71.6 Å². The van der Waals surface area contributed by atoms with Crippen LogP contribution in [0.2, 0.25) is 0 Å². The van der Waals surface area contributed by atoms with E-state index in [1.165, 1.54) is 35.1 Å². The minimum absolute atomic E-state index is 0.0890. The highest BCUT2D eigenvalue weighted by Crippen LogP contribution is 2.39. The fraction of sp³-hybridized carbons (Fsp3) is 0.440. The number of amides is 5. The lowest BCUT2D eigenvalue weighted by Crippen LogP contribution is -2.35. The first-order valence-electron chi connectivity index (χ1n) is 34.7. The van der Waals surface area contributed by atoms with E-state index in [2.05, 4.69) is 152 Å². The highest BCUT2D eigenvalue weighted by molar-refractivity contribution is 6.35. The smallest absolute Gasteiger partial charge is 0.256 e. The summed E-state index contributed by atoms with van der Waals surface area (Å²) in [5, 5.41) is 18.1. The van der Waals surface area contributed by atoms with E-state index < -0.39 is 0 Å². The highest BCUT2D eigenvalue weighted by Gasteiger charge is 2.30. The van der Waals surface area contributed by atoms with Crippen molar-refractivity contribution in [2.45, 2.75) is 125 Å². The summed E-state index contributed by atoms with van der Waals surface area (Å²) in [4.78, 5) is 104. The third kappa shape index (κ3) is 17.6. The third-order valence-corrected chi connectivity index (χ3v) is 19.8. The second-order valence-corrected chi connectivity index (χ2v) is 25.8. The number of carbonyl (C=O) groups is 6. The lowest BCUT2D eigenvalue weighted by molar-refractivity contribution is -0.115. The number of rotatable bonds is 19. The molecule has 22 heteroatoms. The number of fused-ring (bicyclic) bond motifs is 3. The lowest BCUT2D eigenvalue weighted by Gasteiger charge is -2.32. The maximum atomic E-state index is 13.0. The first kappa shape index (κ1) is 70.4. The monoisotopic (exact) mass is 1320 g/mol. The van der Waals surface area contributed by atoms with Crippen molar-refractivity contribution >= 4 is 76.4 Å². The van der Waals surface area contributed by atoms with Gasteiger partial charge in [0.25, 0.3) is 17.7 Å². The number of carbonyl (C=O) groups excluding carboxylic acids is 6. The van der Waals surface area contributed by atoms with Gasteiger partial charge in [-0.15, -0.1) is 0 Å². The van der Waals surface area contributed by atoms with E-state index in [1.807, 2.05) is 44.2 Å². The van der Waals surface area contributed by atoms with Crippen molar-refractivity contribution in [3.8, 4) is 0 Å². The van der Waals surface area contributed by atoms with E-state index in [9.17, 15) is 28.8 Å². The van der Waals surface area contributed by atoms with Crippen LogP contribution in [0.5, 0.6) is 0 Å². The molecular formula is C75H96N16O6. The first-order chi connectivity index (χ1) is 47.1. The molecule has 3 aromatic carbocycles. The number of likely N-dealkylation sites (N-methyl/N-ethyl adjacent to an activating group) is 2. The molecule has 5 amide bonds. The zero-order valence-corrected chi connectivity index (χ0v) is 57.6. The van der Waals surface area contributed by atoms with Gasteiger partial charge in [0.05, 0.1) is 35.2 Å². The van der Waals surface area contributed by atoms with Gasteiger partial charge in [0.15, 0.2) is 6.29 Å². The summed E-state index contributed by atoms with van der Waals surface area (Å²) in [5.74, 6) is 3.13. The van der Waals surface area contributed by atoms with Crippen LogP contribution in [0.3, 0.4) is 0 Å². The van der Waals surface area contributed by atoms with Crippen molar-refractivity contribution in [1.29, 1.82) is 0 Å². The van der Waals surface area contributed by atoms with E-state index >= 15 is 0 Å². The van der Waals surface area contributed by atoms with E-state index in [4.69, 9.17) is 0 Å². The normalized spacial score (nSPS) is 16.4. The molecule has 13 rings (SSSR count). The van der Waals surface area contributed by atoms with Crippen LogP contribution in [-0.2, 0) is 27.2 Å². The van der Waals surface area contributed by atoms with Crippen molar-refractivity contribution in [2.75, 3.05) is 117 Å². The van der Waals surface area contributed by atoms with Crippen molar-refractivity contribution < 1.29 is 28.8 Å². The third-order valence-electron chi connectivity index (χ3n) is 19.8. The van der Waals surface area contributed by atoms with Crippen LogP contribution in [0.1, 0.15) is 177 Å². The Morgan fingerprint density at radius 2 is 0.959 bits per heavy atom. The number of piperidine rings is 3. The van der Waals surface area contributed by atoms with Gasteiger partial charge in [-0.25, -0.2) is 19.9 Å². The number of nitrogens with zero attached hydrogens (tertiary/aromatic N) is 8. The molecule has 6 aliphatic rings. The predicted molar refractivity (Wildman–Crippen MR) is 384 cm³/mol. The minimum atomic E-state index is -0.125. The quantitative estimate of drug-likeness (QED) is 0.0276. The first-order valence-corrected chi connectivity index (χ1v) is 34.7. The Hall–Kier alpha value is -9.38. The molecule has 0 spiro atoms. The largest absolute Gasteiger partial charge is 0.358 e. The lowest BCUT2D eigenvalue weighted by atomic mass is 9.87. The van der Waals surface area contributed by atoms with Crippen LogP contribution < -0.4 is 41.7 Å². The molecule has 10 heterocycles. The Morgan fingerprint density at radius 1 is 0.546 bits per heavy atom. The SMILES string of the molecule is CCN(CC)CCNC(=O)c1c(C)[nH]c(/C=C2\C(=O)Nc3ccc(C4CCN(c5ncccn5)CC4)cc32)c1C.CCN(CC)CCNC(=O)c1c(C)[nH]c(C=O)c1C.O=C1Cc2cc(C3CCN(c4ncccn4)CC3)ccc2N1.O=C1Cc2cc(C3CCNCC3)ccc2N1. The van der Waals surface area contributed by atoms with Gasteiger partial charge in [-0.05, 0) is 205 Å². The van der Waals surface area contributed by atoms with Crippen molar-refractivity contribution in [3.05, 3.63) is 170 Å². The molecule has 0 unspecified atom stereocenters. The van der Waals surface area contributed by atoms with Gasteiger partial charge >= 0.3 is 0 Å². The number of benzene rings is 3. The van der Waals surface area contributed by atoms with Crippen molar-refractivity contribution in [3.63, 3.8) is 0 Å². The molecular weight excluding hydrogens is 1220 g/mol. The number of aldehydes is 1. The summed E-state index contributed by atoms with van der Waals surface area (Å²) < 4.78 is 0. The number of aryl methyl sites for hydroxylation is 2. The molecule has 0 bridgehead atoms. The Labute approximate surface area is 570 Å². The number of hydrogen-bond donors (Lipinski definition) is 8. The standard InChI is InChI=1S/C31H39N7O2.C17H18N4O.C14H23N3O2.C13H16N2O/c1-5-37(6-2)17-14-32-30(40)28-20(3)27(35-21(28)4)19-25-24-18-23(8-9-26(24)36-29(25)39)22-10-15-38(16-11-22)31-33-12-7-13-34-31;22-16-11-14-10-13(2-3-15(14)20-16)12-4-8-21(9-5-12)17-18-6-1-7-19-17;1-5-17(6-2)8-7-15-14(19)13-10(3)12(9-18)16-11(13)4;16-13-8-11-7-10(1-2-12(11)15-13)9-3-5-14-6-4-9/h7-9,12-13,18-19,22,35H,5-6,10-11,14-17H2,1-4H3,(H,32,40)(H,36,39);1-3,6-7,10,12H,4-5,8-9,11H2,(H,20,22);9,16H,5-8H2,1-4H3,(H,15,19);1-2,7,9,14H,3-6,8H2,(H,15,16)/b25-19-;;;. The molecule has 0 saturated carbocycles. The summed E-state index contributed by atoms with van der Waals surface area (Å²) >= 11 is 0. The molecule has 0 aliphatic carbocycles. The average molecular weight is 1320 g/mol. The molecule has 3 fully saturated rings. The molecule has 6 aliphatic heterocycles. The van der Waals surface area contributed by atoms with Gasteiger partial charge < -0.3 is 61.5 Å². The fourth-order valence-electron chi connectivity index (χ4n) is 14.0. The van der Waals surface area contributed by atoms with Gasteiger partial charge in [-0.1, -0.05) is 58.0 Å². The maximum absolute atomic E-state index is 13.0. The zero-order valence-electron chi connectivity index (χ0n) is 57.6. The van der Waals surface area contributed by atoms with Crippen molar-refractivity contribution in [2.24, 2.45) is 0 Å². The highest BCUT2D eigenvalue weighted by atomic mass is 16.2. The summed E-state index contributed by atoms with van der Waals surface area (Å²) in [6.45, 7) is 28.6. The summed E-state index contributed by atoms with van der Waals surface area (Å²) in [5.41, 5.74) is 16.2. The van der Waals surface area contributed by atoms with Gasteiger partial charge in [0, 0.05) is 117 Å². The van der Waals surface area contributed by atoms with Gasteiger partial charge in [0.2, 0.25) is 23.7 Å². The van der Waals surface area contributed by atoms with Crippen LogP contribution in [0, 0.1) is 27.7 Å². The summed E-state index contributed by atoms with van der Waals surface area (Å²) in [6.07, 6.45) is 17.4. The number of aromatic amines is 2. The van der Waals surface area contributed by atoms with E-state index in [1.54, 1.807) is 38.6 Å². The molecule has 22 nitrogen and oxygen atoms in total. The Kier molecular flexibility index (Phi) is 24.3. The van der Waals surface area contributed by atoms with Gasteiger partial charge in [0.1, 0.15) is 0 Å². The molecule has 4 aromatic heterocycles. The van der Waals surface area contributed by atoms with Gasteiger partial charge in [-0.2, -0.15) is 0 Å². The zero-order chi connectivity index (χ0) is 68.5. The van der Waals surface area contributed by atoms with Crippen LogP contribution in [0.15, 0.2) is 91.5 Å². The van der Waals surface area contributed by atoms with E-state index in [0.717, 1.165) is 173 Å². The maximum Gasteiger partial charge on any atom is 0.256 e. The summed E-state index contributed by atoms with van der Waals surface area (Å²) in [6, 6.07) is 22.8. The number of anilines is 5. The molecule has 0 radical (unpaired) electrons. The molecule has 97 heavy (non-hydrogen) atoms. The van der Waals surface area contributed by atoms with Crippen LogP contribution in [-0.4, -0.2) is 167 Å². The van der Waals surface area contributed by atoms with Crippen LogP contribution in [0.4, 0.5) is 29.0 Å². The molecule has 3 saturated heterocycles. The Balaban J connectivity index is 0.000000151. The molecule has 8 N–H and O–H groups in total. The molecule has 7 aromatic rings. The fourth-order valence-corrected chi connectivity index (χ4v) is 14.0. The van der Waals surface area contributed by atoms with Gasteiger partial charge in [-0.3, -0.25) is 28.8 Å². The Bertz CT molecular complexity index is 3910. The molecule has 0 atom stereocenters. The summed E-state index contributed by atoms with van der Waals surface area (Å²) in [7, 11) is 0. The van der Waals surface area contributed by atoms with Crippen molar-refractivity contribution in [1.82, 2.24) is 55.7 Å². The predicted octanol–water partition coefficient (Wildman–Crippen LogP) is 9.89. The second kappa shape index (κ2) is 33.5. The molecule has 512 valence electrons. The number of aromatic nitrogens is 6. The average Bonchev–Trinajstić information content (AvgIpc) is 1.66. The van der Waals surface area contributed by atoms with E-state index in [-0.39, 0.29) is 29.5 Å². The topological polar surface area (TPSA) is 271 Å². The second-order valence-electron chi connectivity index (χ2n) is 25.8. The minimum Gasteiger partial charge on any atom is -0.358 e. The number of H-pyrrole nitrogens is 2. The van der Waals surface area contributed by atoms with Crippen LogP contribution >= 0.6 is 0 Å².